The van der Waals surface area contributed by atoms with Crippen molar-refractivity contribution in [3.63, 3.8) is 0 Å². The largest absolute Gasteiger partial charge is 0.377 e. The molecule has 17 heavy (non-hydrogen) atoms. The van der Waals surface area contributed by atoms with E-state index < -0.39 is 9.84 Å². The van der Waals surface area contributed by atoms with E-state index in [1.807, 2.05) is 0 Å². The van der Waals surface area contributed by atoms with Gasteiger partial charge in [-0.1, -0.05) is 6.42 Å². The van der Waals surface area contributed by atoms with Crippen molar-refractivity contribution in [3.05, 3.63) is 0 Å². The molecule has 1 N–H and O–H groups in total. The average molecular weight is 261 g/mol. The average Bonchev–Trinajstić information content (AvgIpc) is 2.64. The number of sulfone groups is 1. The molecule has 0 aromatic heterocycles. The molecule has 2 saturated carbocycles. The molecule has 0 bridgehead atoms. The number of hydrogen-bond donors (Lipinski definition) is 1. The Morgan fingerprint density at radius 1 is 1.29 bits per heavy atom. The molecule has 4 nitrogen and oxygen atoms in total. The van der Waals surface area contributed by atoms with Crippen LogP contribution in [0, 0.1) is 0 Å². The SMILES string of the molecule is COC1(CNC2CCCC2S(C)(=O)=O)CCC1. The van der Waals surface area contributed by atoms with Crippen LogP contribution >= 0.6 is 0 Å². The quantitative estimate of drug-likeness (QED) is 0.805. The number of hydrogen-bond acceptors (Lipinski definition) is 4. The molecule has 0 amide bonds. The molecule has 2 aliphatic rings. The van der Waals surface area contributed by atoms with Gasteiger partial charge in [-0.3, -0.25) is 0 Å². The van der Waals surface area contributed by atoms with Crippen LogP contribution in [0.1, 0.15) is 38.5 Å². The Labute approximate surface area is 104 Å². The van der Waals surface area contributed by atoms with Crippen molar-refractivity contribution in [2.45, 2.75) is 55.4 Å². The Kier molecular flexibility index (Phi) is 3.80. The van der Waals surface area contributed by atoms with Crippen molar-refractivity contribution in [3.8, 4) is 0 Å². The molecule has 100 valence electrons. The molecule has 0 aromatic rings. The summed E-state index contributed by atoms with van der Waals surface area (Å²) in [6, 6.07) is 0.123. The van der Waals surface area contributed by atoms with Crippen molar-refractivity contribution >= 4 is 9.84 Å². The summed E-state index contributed by atoms with van der Waals surface area (Å²) in [5.41, 5.74) is -0.0232. The Morgan fingerprint density at radius 2 is 2.00 bits per heavy atom. The fraction of sp³-hybridized carbons (Fsp3) is 1.00. The predicted molar refractivity (Wildman–Crippen MR) is 67.9 cm³/mol. The van der Waals surface area contributed by atoms with Crippen molar-refractivity contribution in [2.75, 3.05) is 19.9 Å². The predicted octanol–water partition coefficient (Wildman–Crippen LogP) is 1.11. The fourth-order valence-electron chi connectivity index (χ4n) is 3.01. The highest BCUT2D eigenvalue weighted by atomic mass is 32.2. The lowest BCUT2D eigenvalue weighted by Gasteiger charge is -2.41. The Bertz CT molecular complexity index is 356. The molecule has 2 aliphatic carbocycles. The molecule has 5 heteroatoms. The van der Waals surface area contributed by atoms with Crippen LogP contribution in [0.2, 0.25) is 0 Å². The molecule has 0 heterocycles. The van der Waals surface area contributed by atoms with Gasteiger partial charge in [-0.15, -0.1) is 0 Å². The van der Waals surface area contributed by atoms with E-state index >= 15 is 0 Å². The van der Waals surface area contributed by atoms with Gasteiger partial charge in [0.05, 0.1) is 10.9 Å². The minimum absolute atomic E-state index is 0.0232. The van der Waals surface area contributed by atoms with Crippen molar-refractivity contribution in [2.24, 2.45) is 0 Å². The molecule has 0 radical (unpaired) electrons. The third-order valence-corrected chi connectivity index (χ3v) is 6.05. The Balaban J connectivity index is 1.90. The zero-order valence-corrected chi connectivity index (χ0v) is 11.6. The lowest BCUT2D eigenvalue weighted by molar-refractivity contribution is -0.0707. The van der Waals surface area contributed by atoms with E-state index in [1.165, 1.54) is 12.7 Å². The number of methoxy groups -OCH3 is 1. The first-order valence-electron chi connectivity index (χ1n) is 6.44. The second kappa shape index (κ2) is 4.86. The van der Waals surface area contributed by atoms with Crippen molar-refractivity contribution in [1.82, 2.24) is 5.32 Å². The van der Waals surface area contributed by atoms with Crippen LogP contribution in [0.5, 0.6) is 0 Å². The maximum Gasteiger partial charge on any atom is 0.151 e. The van der Waals surface area contributed by atoms with Gasteiger partial charge in [0.2, 0.25) is 0 Å². The molecule has 0 aromatic carbocycles. The standard InChI is InChI=1S/C12H23NO3S/c1-16-12(7-4-8-12)9-13-10-5-3-6-11(10)17(2,14)15/h10-11,13H,3-9H2,1-2H3. The summed E-state index contributed by atoms with van der Waals surface area (Å²) < 4.78 is 28.8. The van der Waals surface area contributed by atoms with E-state index in [2.05, 4.69) is 5.32 Å². The molecule has 2 fully saturated rings. The second-order valence-corrected chi connectivity index (χ2v) is 7.79. The highest BCUT2D eigenvalue weighted by Crippen LogP contribution is 2.35. The monoisotopic (exact) mass is 261 g/mol. The van der Waals surface area contributed by atoms with Gasteiger partial charge >= 0.3 is 0 Å². The highest BCUT2D eigenvalue weighted by molar-refractivity contribution is 7.91. The third kappa shape index (κ3) is 2.83. The van der Waals surface area contributed by atoms with E-state index in [-0.39, 0.29) is 16.9 Å². The fourth-order valence-corrected chi connectivity index (χ4v) is 4.44. The molecule has 2 unspecified atom stereocenters. The lowest BCUT2D eigenvalue weighted by atomic mass is 9.80. The number of nitrogens with one attached hydrogen (secondary N) is 1. The Hall–Kier alpha value is -0.130. The van der Waals surface area contributed by atoms with Gasteiger partial charge < -0.3 is 10.1 Å². The maximum atomic E-state index is 11.7. The number of rotatable bonds is 5. The van der Waals surface area contributed by atoms with Crippen molar-refractivity contribution < 1.29 is 13.2 Å². The van der Waals surface area contributed by atoms with E-state index in [1.54, 1.807) is 7.11 Å². The van der Waals surface area contributed by atoms with E-state index in [0.29, 0.717) is 0 Å². The van der Waals surface area contributed by atoms with Crippen LogP contribution in [0.3, 0.4) is 0 Å². The summed E-state index contributed by atoms with van der Waals surface area (Å²) in [6.07, 6.45) is 7.53. The van der Waals surface area contributed by atoms with Crippen molar-refractivity contribution in [1.29, 1.82) is 0 Å². The van der Waals surface area contributed by atoms with Gasteiger partial charge in [-0.25, -0.2) is 8.42 Å². The summed E-state index contributed by atoms with van der Waals surface area (Å²) in [7, 11) is -1.16. The minimum Gasteiger partial charge on any atom is -0.377 e. The first-order valence-corrected chi connectivity index (χ1v) is 8.40. The van der Waals surface area contributed by atoms with Crippen LogP contribution in [0.15, 0.2) is 0 Å². The van der Waals surface area contributed by atoms with E-state index in [4.69, 9.17) is 4.74 Å². The van der Waals surface area contributed by atoms with Crippen LogP contribution in [-0.4, -0.2) is 45.2 Å². The minimum atomic E-state index is -2.92. The van der Waals surface area contributed by atoms with Gasteiger partial charge in [0.25, 0.3) is 0 Å². The molecule has 2 atom stereocenters. The van der Waals surface area contributed by atoms with Gasteiger partial charge in [-0.05, 0) is 32.1 Å². The van der Waals surface area contributed by atoms with Crippen LogP contribution in [0.25, 0.3) is 0 Å². The maximum absolute atomic E-state index is 11.7. The molecular weight excluding hydrogens is 238 g/mol. The first-order chi connectivity index (χ1) is 7.97. The summed E-state index contributed by atoms with van der Waals surface area (Å²) in [4.78, 5) is 0. The summed E-state index contributed by atoms with van der Waals surface area (Å²) in [6.45, 7) is 0.792. The Morgan fingerprint density at radius 3 is 2.47 bits per heavy atom. The van der Waals surface area contributed by atoms with Gasteiger partial charge in [-0.2, -0.15) is 0 Å². The smallest absolute Gasteiger partial charge is 0.151 e. The molecular formula is C12H23NO3S. The summed E-state index contributed by atoms with van der Waals surface area (Å²) in [5, 5.41) is 3.23. The molecule has 0 spiro atoms. The zero-order valence-electron chi connectivity index (χ0n) is 10.7. The zero-order chi connectivity index (χ0) is 12.5. The van der Waals surface area contributed by atoms with Gasteiger partial charge in [0.1, 0.15) is 0 Å². The summed E-state index contributed by atoms with van der Waals surface area (Å²) >= 11 is 0. The normalized spacial score (nSPS) is 32.4. The number of ether oxygens (including phenoxy) is 1. The summed E-state index contributed by atoms with van der Waals surface area (Å²) in [5.74, 6) is 0. The molecule has 0 aliphatic heterocycles. The lowest BCUT2D eigenvalue weighted by Crippen LogP contribution is -2.52. The van der Waals surface area contributed by atoms with Gasteiger partial charge in [0.15, 0.2) is 9.84 Å². The first kappa shape index (κ1) is 13.3. The van der Waals surface area contributed by atoms with Crippen LogP contribution < -0.4 is 5.32 Å². The second-order valence-electron chi connectivity index (χ2n) is 5.53. The van der Waals surface area contributed by atoms with Crippen LogP contribution in [0.4, 0.5) is 0 Å². The van der Waals surface area contributed by atoms with E-state index in [0.717, 1.165) is 38.6 Å². The van der Waals surface area contributed by atoms with Crippen LogP contribution in [-0.2, 0) is 14.6 Å². The molecule has 0 saturated heterocycles. The van der Waals surface area contributed by atoms with Gasteiger partial charge in [0, 0.05) is 26.0 Å². The topological polar surface area (TPSA) is 55.4 Å². The van der Waals surface area contributed by atoms with E-state index in [9.17, 15) is 8.42 Å². The molecule has 2 rings (SSSR count). The third-order valence-electron chi connectivity index (χ3n) is 4.39. The highest BCUT2D eigenvalue weighted by Gasteiger charge is 2.40.